The summed E-state index contributed by atoms with van der Waals surface area (Å²) in [7, 11) is 0. The Kier molecular flexibility index (Phi) is 14.7. The smallest absolute Gasteiger partial charge is 1.00 e. The standard InChI is InChI=1S/C6H13NO2.Cs.H/c7-5-3-1-2-4-6(8)9;;/h1-5,7H2,(H,8,9);;/q;+1;-1. The van der Waals surface area contributed by atoms with E-state index in [0.717, 1.165) is 19.3 Å². The molecule has 0 unspecified atom stereocenters. The molecule has 0 saturated carbocycles. The molecule has 0 aliphatic carbocycles. The third-order valence-electron chi connectivity index (χ3n) is 1.09. The third-order valence-corrected chi connectivity index (χ3v) is 1.09. The van der Waals surface area contributed by atoms with Gasteiger partial charge in [0.05, 0.1) is 0 Å². The van der Waals surface area contributed by atoms with Gasteiger partial charge in [-0.2, -0.15) is 0 Å². The van der Waals surface area contributed by atoms with Gasteiger partial charge in [0.15, 0.2) is 0 Å². The molecule has 0 bridgehead atoms. The van der Waals surface area contributed by atoms with Gasteiger partial charge >= 0.3 is 74.9 Å². The van der Waals surface area contributed by atoms with Crippen LogP contribution in [0.5, 0.6) is 0 Å². The molecule has 3 nitrogen and oxygen atoms in total. The van der Waals surface area contributed by atoms with Gasteiger partial charge in [-0.15, -0.1) is 0 Å². The fourth-order valence-corrected chi connectivity index (χ4v) is 0.597. The van der Waals surface area contributed by atoms with E-state index in [1.807, 2.05) is 0 Å². The van der Waals surface area contributed by atoms with Crippen LogP contribution in [0.3, 0.4) is 0 Å². The zero-order chi connectivity index (χ0) is 7.11. The first-order valence-electron chi connectivity index (χ1n) is 3.19. The summed E-state index contributed by atoms with van der Waals surface area (Å²) in [5.41, 5.74) is 5.20. The summed E-state index contributed by atoms with van der Waals surface area (Å²) >= 11 is 0. The Hall–Kier alpha value is 1.48. The van der Waals surface area contributed by atoms with Gasteiger partial charge in [0.25, 0.3) is 0 Å². The second-order valence-corrected chi connectivity index (χ2v) is 1.99. The summed E-state index contributed by atoms with van der Waals surface area (Å²) in [5, 5.41) is 8.18. The van der Waals surface area contributed by atoms with E-state index in [1.54, 1.807) is 0 Å². The first-order chi connectivity index (χ1) is 4.27. The number of aliphatic carboxylic acids is 1. The summed E-state index contributed by atoms with van der Waals surface area (Å²) in [6, 6.07) is 0. The first-order valence-corrected chi connectivity index (χ1v) is 3.19. The van der Waals surface area contributed by atoms with Gasteiger partial charge in [-0.25, -0.2) is 0 Å². The normalized spacial score (nSPS) is 8.50. The molecule has 0 atom stereocenters. The molecule has 0 aliphatic heterocycles. The Balaban J connectivity index is -0.000000320. The van der Waals surface area contributed by atoms with E-state index in [-0.39, 0.29) is 76.7 Å². The van der Waals surface area contributed by atoms with Crippen molar-refractivity contribution in [1.29, 1.82) is 0 Å². The van der Waals surface area contributed by atoms with E-state index in [9.17, 15) is 4.79 Å². The Bertz CT molecular complexity index is 92.7. The van der Waals surface area contributed by atoms with E-state index >= 15 is 0 Å². The van der Waals surface area contributed by atoms with Gasteiger partial charge in [-0.3, -0.25) is 4.79 Å². The number of hydrogen-bond acceptors (Lipinski definition) is 2. The van der Waals surface area contributed by atoms with Crippen LogP contribution in [0.4, 0.5) is 0 Å². The quantitative estimate of drug-likeness (QED) is 0.550. The molecular formula is C6H14CsNO2. The van der Waals surface area contributed by atoms with E-state index in [4.69, 9.17) is 10.8 Å². The van der Waals surface area contributed by atoms with Gasteiger partial charge in [-0.05, 0) is 19.4 Å². The third kappa shape index (κ3) is 12.2. The van der Waals surface area contributed by atoms with E-state index in [2.05, 4.69) is 0 Å². The van der Waals surface area contributed by atoms with Crippen molar-refractivity contribution in [2.24, 2.45) is 5.73 Å². The number of rotatable bonds is 5. The second-order valence-electron chi connectivity index (χ2n) is 1.99. The van der Waals surface area contributed by atoms with Crippen LogP contribution in [-0.4, -0.2) is 17.6 Å². The maximum absolute atomic E-state index is 9.93. The van der Waals surface area contributed by atoms with Gasteiger partial charge in [-0.1, -0.05) is 6.42 Å². The van der Waals surface area contributed by atoms with Crippen LogP contribution < -0.4 is 74.6 Å². The molecule has 0 aromatic rings. The molecule has 0 fully saturated rings. The van der Waals surface area contributed by atoms with Crippen LogP contribution in [0.2, 0.25) is 0 Å². The van der Waals surface area contributed by atoms with Crippen molar-refractivity contribution in [3.63, 3.8) is 0 Å². The number of carboxylic acids is 1. The Labute approximate surface area is 122 Å². The summed E-state index contributed by atoms with van der Waals surface area (Å²) in [6.07, 6.45) is 2.91. The van der Waals surface area contributed by atoms with Crippen LogP contribution >= 0.6 is 0 Å². The molecule has 10 heavy (non-hydrogen) atoms. The average Bonchev–Trinajstić information content (AvgIpc) is 1.80. The number of carbonyl (C=O) groups is 1. The molecule has 0 amide bonds. The summed E-state index contributed by atoms with van der Waals surface area (Å²) in [5.74, 6) is -0.716. The molecule has 0 aromatic carbocycles. The van der Waals surface area contributed by atoms with Crippen LogP contribution in [0, 0.1) is 0 Å². The fraction of sp³-hybridized carbons (Fsp3) is 0.833. The number of hydrogen-bond donors (Lipinski definition) is 2. The second kappa shape index (κ2) is 10.5. The van der Waals surface area contributed by atoms with Gasteiger partial charge in [0, 0.05) is 6.42 Å². The molecular weight excluding hydrogens is 251 g/mol. The van der Waals surface area contributed by atoms with Crippen molar-refractivity contribution in [1.82, 2.24) is 0 Å². The van der Waals surface area contributed by atoms with Gasteiger partial charge in [0.1, 0.15) is 0 Å². The Morgan fingerprint density at radius 3 is 2.40 bits per heavy atom. The van der Waals surface area contributed by atoms with Gasteiger partial charge in [0.2, 0.25) is 0 Å². The van der Waals surface area contributed by atoms with Crippen molar-refractivity contribution in [2.75, 3.05) is 6.54 Å². The Morgan fingerprint density at radius 1 is 1.40 bits per heavy atom. The maximum Gasteiger partial charge on any atom is 1.00 e. The minimum Gasteiger partial charge on any atom is -1.00 e. The first kappa shape index (κ1) is 14.0. The van der Waals surface area contributed by atoms with Gasteiger partial charge < -0.3 is 12.3 Å². The molecule has 0 rings (SSSR count). The molecule has 4 heteroatoms. The topological polar surface area (TPSA) is 63.3 Å². The molecule has 0 radical (unpaired) electrons. The largest absolute Gasteiger partial charge is 1.00 e. The van der Waals surface area contributed by atoms with Crippen LogP contribution in [0.15, 0.2) is 0 Å². The molecule has 3 N–H and O–H groups in total. The zero-order valence-electron chi connectivity index (χ0n) is 7.47. The molecule has 0 saturated heterocycles. The zero-order valence-corrected chi connectivity index (χ0v) is 12.7. The van der Waals surface area contributed by atoms with E-state index in [1.165, 1.54) is 0 Å². The predicted octanol–water partition coefficient (Wildman–Crippen LogP) is -2.29. The van der Waals surface area contributed by atoms with Crippen molar-refractivity contribution in [3.05, 3.63) is 0 Å². The molecule has 0 aromatic heterocycles. The number of carboxylic acid groups (broad SMARTS) is 1. The molecule has 0 heterocycles. The maximum atomic E-state index is 9.93. The summed E-state index contributed by atoms with van der Waals surface area (Å²) in [6.45, 7) is 0.666. The predicted molar refractivity (Wildman–Crippen MR) is 36.3 cm³/mol. The minimum atomic E-state index is -0.716. The summed E-state index contributed by atoms with van der Waals surface area (Å²) in [4.78, 5) is 9.93. The van der Waals surface area contributed by atoms with Crippen molar-refractivity contribution in [2.45, 2.75) is 25.7 Å². The number of unbranched alkanes of at least 4 members (excludes halogenated alkanes) is 2. The molecule has 0 spiro atoms. The minimum absolute atomic E-state index is 0. The van der Waals surface area contributed by atoms with E-state index in [0.29, 0.717) is 6.54 Å². The SMILES string of the molecule is NCCCCCC(=O)O.[Cs+].[H-]. The molecule has 0 aliphatic rings. The summed E-state index contributed by atoms with van der Waals surface area (Å²) < 4.78 is 0. The van der Waals surface area contributed by atoms with Crippen LogP contribution in [0.25, 0.3) is 0 Å². The average molecular weight is 265 g/mol. The number of nitrogens with two attached hydrogens (primary N) is 1. The fourth-order valence-electron chi connectivity index (χ4n) is 0.597. The van der Waals surface area contributed by atoms with Crippen molar-refractivity contribution < 1.29 is 80.2 Å². The molecule has 56 valence electrons. The Morgan fingerprint density at radius 2 is 2.00 bits per heavy atom. The monoisotopic (exact) mass is 265 g/mol. The van der Waals surface area contributed by atoms with Crippen molar-refractivity contribution >= 4 is 5.97 Å². The van der Waals surface area contributed by atoms with Crippen LogP contribution in [-0.2, 0) is 4.79 Å². The van der Waals surface area contributed by atoms with Crippen molar-refractivity contribution in [3.8, 4) is 0 Å². The van der Waals surface area contributed by atoms with Crippen LogP contribution in [0.1, 0.15) is 27.1 Å². The van der Waals surface area contributed by atoms with E-state index < -0.39 is 5.97 Å².